The van der Waals surface area contributed by atoms with Crippen LogP contribution in [0.15, 0.2) is 71.6 Å². The molecule has 0 spiro atoms. The summed E-state index contributed by atoms with van der Waals surface area (Å²) in [7, 11) is -3.34. The van der Waals surface area contributed by atoms with Crippen LogP contribution in [-0.2, 0) is 9.84 Å². The Morgan fingerprint density at radius 1 is 0.913 bits per heavy atom. The summed E-state index contributed by atoms with van der Waals surface area (Å²) in [6.07, 6.45) is 0. The molecule has 118 valence electrons. The van der Waals surface area contributed by atoms with E-state index < -0.39 is 9.84 Å². The molecule has 3 aromatic carbocycles. The van der Waals surface area contributed by atoms with E-state index in [0.717, 1.165) is 21.9 Å². The minimum Gasteiger partial charge on any atom is -0.224 e. The summed E-state index contributed by atoms with van der Waals surface area (Å²) in [5, 5.41) is 2.19. The fourth-order valence-corrected chi connectivity index (χ4v) is 5.40. The Kier molecular flexibility index (Phi) is 4.55. The molecule has 3 aromatic rings. The highest BCUT2D eigenvalue weighted by Gasteiger charge is 2.21. The molecule has 0 N–H and O–H groups in total. The predicted octanol–water partition coefficient (Wildman–Crippen LogP) is 5.06. The number of rotatable bonds is 4. The van der Waals surface area contributed by atoms with Crippen LogP contribution < -0.4 is 0 Å². The molecule has 0 fully saturated rings. The van der Waals surface area contributed by atoms with E-state index in [-0.39, 0.29) is 10.6 Å². The number of alkyl halides is 1. The number of fused-ring (bicyclic) bond motifs is 1. The van der Waals surface area contributed by atoms with Crippen LogP contribution in [-0.4, -0.2) is 14.2 Å². The van der Waals surface area contributed by atoms with Crippen molar-refractivity contribution < 1.29 is 8.42 Å². The van der Waals surface area contributed by atoms with Gasteiger partial charge in [-0.3, -0.25) is 0 Å². The Morgan fingerprint density at radius 3 is 2.30 bits per heavy atom. The van der Waals surface area contributed by atoms with Gasteiger partial charge in [0.1, 0.15) is 0 Å². The molecule has 1 unspecified atom stereocenters. The highest BCUT2D eigenvalue weighted by Crippen LogP contribution is 2.32. The van der Waals surface area contributed by atoms with E-state index in [1.165, 1.54) is 0 Å². The maximum atomic E-state index is 12.6. The summed E-state index contributed by atoms with van der Waals surface area (Å²) in [4.78, 5) is 0.118. The molecule has 0 aliphatic rings. The SMILES string of the molecule is Cc1ccc(S(=O)(=O)CC(Br)c2cccc3ccccc23)cc1. The quantitative estimate of drug-likeness (QED) is 0.585. The van der Waals surface area contributed by atoms with Gasteiger partial charge in [0, 0.05) is 0 Å². The molecule has 2 nitrogen and oxygen atoms in total. The van der Waals surface area contributed by atoms with Crippen molar-refractivity contribution >= 4 is 36.5 Å². The number of benzene rings is 3. The van der Waals surface area contributed by atoms with Gasteiger partial charge in [0.25, 0.3) is 0 Å². The van der Waals surface area contributed by atoms with E-state index in [2.05, 4.69) is 15.9 Å². The molecule has 0 aliphatic heterocycles. The van der Waals surface area contributed by atoms with Crippen molar-refractivity contribution in [3.8, 4) is 0 Å². The van der Waals surface area contributed by atoms with Crippen molar-refractivity contribution in [3.63, 3.8) is 0 Å². The first kappa shape index (κ1) is 16.2. The zero-order valence-electron chi connectivity index (χ0n) is 12.7. The van der Waals surface area contributed by atoms with E-state index in [0.29, 0.717) is 4.90 Å². The highest BCUT2D eigenvalue weighted by atomic mass is 79.9. The number of aryl methyl sites for hydroxylation is 1. The van der Waals surface area contributed by atoms with Crippen molar-refractivity contribution in [1.29, 1.82) is 0 Å². The predicted molar refractivity (Wildman–Crippen MR) is 98.8 cm³/mol. The van der Waals surface area contributed by atoms with Crippen LogP contribution in [0.5, 0.6) is 0 Å². The van der Waals surface area contributed by atoms with Gasteiger partial charge in [-0.1, -0.05) is 76.1 Å². The lowest BCUT2D eigenvalue weighted by Crippen LogP contribution is -2.11. The molecule has 0 saturated carbocycles. The first-order valence-corrected chi connectivity index (χ1v) is 9.95. The van der Waals surface area contributed by atoms with Crippen LogP contribution >= 0.6 is 15.9 Å². The molecule has 4 heteroatoms. The van der Waals surface area contributed by atoms with Crippen LogP contribution in [0.2, 0.25) is 0 Å². The van der Waals surface area contributed by atoms with E-state index in [1.807, 2.05) is 61.5 Å². The van der Waals surface area contributed by atoms with Gasteiger partial charge in [0.2, 0.25) is 0 Å². The molecule has 0 radical (unpaired) electrons. The molecule has 23 heavy (non-hydrogen) atoms. The third-order valence-electron chi connectivity index (χ3n) is 3.91. The Bertz CT molecular complexity index is 926. The van der Waals surface area contributed by atoms with Gasteiger partial charge in [-0.2, -0.15) is 0 Å². The normalized spacial score (nSPS) is 13.1. The molecule has 0 bridgehead atoms. The van der Waals surface area contributed by atoms with E-state index >= 15 is 0 Å². The van der Waals surface area contributed by atoms with Gasteiger partial charge in [-0.15, -0.1) is 0 Å². The molecule has 0 amide bonds. The standard InChI is InChI=1S/C19H17BrO2S/c1-14-9-11-16(12-10-14)23(21,22)13-19(20)18-8-4-6-15-5-2-3-7-17(15)18/h2-12,19H,13H2,1H3. The minimum absolute atomic E-state index is 0.0318. The maximum Gasteiger partial charge on any atom is 0.179 e. The van der Waals surface area contributed by atoms with Crippen molar-refractivity contribution in [3.05, 3.63) is 77.9 Å². The summed E-state index contributed by atoms with van der Waals surface area (Å²) >= 11 is 3.58. The third kappa shape index (κ3) is 3.48. The lowest BCUT2D eigenvalue weighted by atomic mass is 10.0. The summed E-state index contributed by atoms with van der Waals surface area (Å²) in [6.45, 7) is 1.94. The summed E-state index contributed by atoms with van der Waals surface area (Å²) in [5.41, 5.74) is 2.05. The smallest absolute Gasteiger partial charge is 0.179 e. The van der Waals surface area contributed by atoms with Crippen LogP contribution in [0.3, 0.4) is 0 Å². The van der Waals surface area contributed by atoms with Crippen LogP contribution in [0, 0.1) is 6.92 Å². The lowest BCUT2D eigenvalue weighted by Gasteiger charge is -2.14. The second-order valence-electron chi connectivity index (χ2n) is 5.63. The van der Waals surface area contributed by atoms with Gasteiger partial charge in [-0.25, -0.2) is 8.42 Å². The van der Waals surface area contributed by atoms with Gasteiger partial charge < -0.3 is 0 Å². The van der Waals surface area contributed by atoms with Crippen molar-refractivity contribution in [2.75, 3.05) is 5.75 Å². The minimum atomic E-state index is -3.34. The van der Waals surface area contributed by atoms with E-state index in [4.69, 9.17) is 0 Å². The fourth-order valence-electron chi connectivity index (χ4n) is 2.65. The van der Waals surface area contributed by atoms with Crippen LogP contribution in [0.25, 0.3) is 10.8 Å². The number of sulfone groups is 1. The van der Waals surface area contributed by atoms with Crippen molar-refractivity contribution in [1.82, 2.24) is 0 Å². The average molecular weight is 389 g/mol. The van der Waals surface area contributed by atoms with Crippen molar-refractivity contribution in [2.45, 2.75) is 16.6 Å². The largest absolute Gasteiger partial charge is 0.224 e. The number of hydrogen-bond donors (Lipinski definition) is 0. The zero-order chi connectivity index (χ0) is 16.4. The second kappa shape index (κ2) is 6.46. The summed E-state index contributed by atoms with van der Waals surface area (Å²) in [6, 6.07) is 21.0. The van der Waals surface area contributed by atoms with Gasteiger partial charge >= 0.3 is 0 Å². The Hall–Kier alpha value is -1.65. The first-order chi connectivity index (χ1) is 11.0. The second-order valence-corrected chi connectivity index (χ2v) is 8.77. The lowest BCUT2D eigenvalue weighted by molar-refractivity contribution is 0.595. The Balaban J connectivity index is 1.94. The number of hydrogen-bond acceptors (Lipinski definition) is 2. The van der Waals surface area contributed by atoms with Gasteiger partial charge in [-0.05, 0) is 35.4 Å². The molecular formula is C19H17BrO2S. The van der Waals surface area contributed by atoms with Gasteiger partial charge in [0.15, 0.2) is 9.84 Å². The molecule has 0 saturated heterocycles. The molecule has 3 rings (SSSR count). The first-order valence-electron chi connectivity index (χ1n) is 7.38. The highest BCUT2D eigenvalue weighted by molar-refractivity contribution is 9.09. The Morgan fingerprint density at radius 2 is 1.57 bits per heavy atom. The zero-order valence-corrected chi connectivity index (χ0v) is 15.1. The number of halogens is 1. The summed E-state index contributed by atoms with van der Waals surface area (Å²) in [5.74, 6) is 0.0318. The third-order valence-corrected chi connectivity index (χ3v) is 6.91. The monoisotopic (exact) mass is 388 g/mol. The molecule has 0 aliphatic carbocycles. The maximum absolute atomic E-state index is 12.6. The van der Waals surface area contributed by atoms with Crippen LogP contribution in [0.4, 0.5) is 0 Å². The molecular weight excluding hydrogens is 372 g/mol. The van der Waals surface area contributed by atoms with E-state index in [9.17, 15) is 8.42 Å². The molecule has 0 heterocycles. The van der Waals surface area contributed by atoms with Crippen molar-refractivity contribution in [2.24, 2.45) is 0 Å². The van der Waals surface area contributed by atoms with E-state index in [1.54, 1.807) is 12.1 Å². The Labute approximate surface area is 145 Å². The summed E-state index contributed by atoms with van der Waals surface area (Å²) < 4.78 is 25.3. The molecule has 1 atom stereocenters. The van der Waals surface area contributed by atoms with Gasteiger partial charge in [0.05, 0.1) is 15.5 Å². The average Bonchev–Trinajstić information content (AvgIpc) is 2.54. The topological polar surface area (TPSA) is 34.1 Å². The molecule has 0 aromatic heterocycles. The fraction of sp³-hybridized carbons (Fsp3) is 0.158. The van der Waals surface area contributed by atoms with Crippen LogP contribution in [0.1, 0.15) is 16.0 Å².